The second-order valence-corrected chi connectivity index (χ2v) is 6.90. The molecule has 3 nitrogen and oxygen atoms in total. The van der Waals surface area contributed by atoms with E-state index in [2.05, 4.69) is 17.6 Å². The number of carbonyl (C=O) groups is 1. The second-order valence-electron chi connectivity index (χ2n) is 6.90. The second kappa shape index (κ2) is 7.28. The van der Waals surface area contributed by atoms with Crippen LogP contribution < -0.4 is 10.6 Å². The largest absolute Gasteiger partial charge is 0.356 e. The number of piperidine rings is 1. The van der Waals surface area contributed by atoms with Gasteiger partial charge in [-0.1, -0.05) is 26.2 Å². The maximum absolute atomic E-state index is 11.9. The molecule has 1 unspecified atom stereocenters. The first-order valence-electron chi connectivity index (χ1n) is 8.15. The maximum Gasteiger partial charge on any atom is 0.220 e. The van der Waals surface area contributed by atoms with Crippen molar-refractivity contribution in [1.29, 1.82) is 0 Å². The van der Waals surface area contributed by atoms with Gasteiger partial charge in [-0.05, 0) is 56.5 Å². The van der Waals surface area contributed by atoms with Crippen LogP contribution in [-0.2, 0) is 4.79 Å². The Bertz CT molecular complexity index is 278. The van der Waals surface area contributed by atoms with E-state index in [0.717, 1.165) is 26.1 Å². The highest BCUT2D eigenvalue weighted by molar-refractivity contribution is 5.75. The Balaban J connectivity index is 1.61. The molecule has 2 N–H and O–H groups in total. The summed E-state index contributed by atoms with van der Waals surface area (Å²) in [4.78, 5) is 11.9. The van der Waals surface area contributed by atoms with Crippen LogP contribution in [0.15, 0.2) is 0 Å². The Hall–Kier alpha value is -0.570. The first-order chi connectivity index (χ1) is 9.18. The normalized spacial score (nSPS) is 26.9. The van der Waals surface area contributed by atoms with E-state index in [1.54, 1.807) is 0 Å². The van der Waals surface area contributed by atoms with E-state index >= 15 is 0 Å². The van der Waals surface area contributed by atoms with Gasteiger partial charge in [0.25, 0.3) is 0 Å². The number of rotatable bonds is 5. The third-order valence-electron chi connectivity index (χ3n) is 4.95. The standard InChI is InChI=1S/C16H30N2O/c1-16(9-3-2-4-10-16)13-18-15(19)8-7-14-6-5-11-17-12-14/h14,17H,2-13H2,1H3,(H,18,19). The number of hydrogen-bond donors (Lipinski definition) is 2. The van der Waals surface area contributed by atoms with Gasteiger partial charge in [-0.3, -0.25) is 4.79 Å². The quantitative estimate of drug-likeness (QED) is 0.803. The molecule has 0 radical (unpaired) electrons. The molecule has 0 aromatic rings. The topological polar surface area (TPSA) is 41.1 Å². The fourth-order valence-electron chi connectivity index (χ4n) is 3.49. The molecule has 1 atom stereocenters. The molecule has 0 aromatic carbocycles. The van der Waals surface area contributed by atoms with Crippen LogP contribution in [0.1, 0.15) is 64.7 Å². The molecule has 3 heteroatoms. The Morgan fingerprint density at radius 2 is 2.05 bits per heavy atom. The van der Waals surface area contributed by atoms with Gasteiger partial charge >= 0.3 is 0 Å². The van der Waals surface area contributed by atoms with Crippen LogP contribution in [-0.4, -0.2) is 25.5 Å². The van der Waals surface area contributed by atoms with Gasteiger partial charge in [0.05, 0.1) is 0 Å². The predicted molar refractivity (Wildman–Crippen MR) is 79.0 cm³/mol. The first kappa shape index (κ1) is 14.8. The van der Waals surface area contributed by atoms with Crippen molar-refractivity contribution in [2.75, 3.05) is 19.6 Å². The molecule has 1 heterocycles. The molecule has 110 valence electrons. The van der Waals surface area contributed by atoms with Crippen molar-refractivity contribution in [1.82, 2.24) is 10.6 Å². The minimum absolute atomic E-state index is 0.261. The average Bonchev–Trinajstić information content (AvgIpc) is 2.45. The van der Waals surface area contributed by atoms with Crippen LogP contribution >= 0.6 is 0 Å². The van der Waals surface area contributed by atoms with Gasteiger partial charge in [-0.2, -0.15) is 0 Å². The fourth-order valence-corrected chi connectivity index (χ4v) is 3.49. The summed E-state index contributed by atoms with van der Waals surface area (Å²) >= 11 is 0. The van der Waals surface area contributed by atoms with Gasteiger partial charge in [-0.25, -0.2) is 0 Å². The molecule has 19 heavy (non-hydrogen) atoms. The molecule has 2 rings (SSSR count). The molecule has 0 spiro atoms. The van der Waals surface area contributed by atoms with Crippen LogP contribution in [0, 0.1) is 11.3 Å². The third kappa shape index (κ3) is 5.13. The van der Waals surface area contributed by atoms with E-state index in [1.165, 1.54) is 44.9 Å². The number of amides is 1. The van der Waals surface area contributed by atoms with Crippen molar-refractivity contribution in [3.05, 3.63) is 0 Å². The van der Waals surface area contributed by atoms with E-state index in [1.807, 2.05) is 0 Å². The molecule has 0 bridgehead atoms. The molecule has 1 aliphatic heterocycles. The summed E-state index contributed by atoms with van der Waals surface area (Å²) in [7, 11) is 0. The van der Waals surface area contributed by atoms with Gasteiger partial charge in [0, 0.05) is 13.0 Å². The number of nitrogens with one attached hydrogen (secondary N) is 2. The highest BCUT2D eigenvalue weighted by Gasteiger charge is 2.27. The zero-order chi connectivity index (χ0) is 13.6. The lowest BCUT2D eigenvalue weighted by Gasteiger charge is -2.33. The number of hydrogen-bond acceptors (Lipinski definition) is 2. The highest BCUT2D eigenvalue weighted by Crippen LogP contribution is 2.34. The summed E-state index contributed by atoms with van der Waals surface area (Å²) in [6, 6.07) is 0. The SMILES string of the molecule is CC1(CNC(=O)CCC2CCCNC2)CCCCC1. The summed E-state index contributed by atoms with van der Waals surface area (Å²) in [5, 5.41) is 6.59. The summed E-state index contributed by atoms with van der Waals surface area (Å²) in [6.07, 6.45) is 10.9. The molecule has 1 amide bonds. The van der Waals surface area contributed by atoms with Crippen molar-refractivity contribution in [2.45, 2.75) is 64.7 Å². The molecule has 2 aliphatic rings. The van der Waals surface area contributed by atoms with E-state index < -0.39 is 0 Å². The van der Waals surface area contributed by atoms with E-state index in [9.17, 15) is 4.79 Å². The van der Waals surface area contributed by atoms with Gasteiger partial charge < -0.3 is 10.6 Å². The summed E-state index contributed by atoms with van der Waals surface area (Å²) in [5.74, 6) is 0.974. The van der Waals surface area contributed by atoms with Crippen LogP contribution in [0.4, 0.5) is 0 Å². The highest BCUT2D eigenvalue weighted by atomic mass is 16.1. The number of carbonyl (C=O) groups excluding carboxylic acids is 1. The van der Waals surface area contributed by atoms with Gasteiger partial charge in [-0.15, -0.1) is 0 Å². The Morgan fingerprint density at radius 3 is 2.74 bits per heavy atom. The van der Waals surface area contributed by atoms with Crippen molar-refractivity contribution in [3.63, 3.8) is 0 Å². The smallest absolute Gasteiger partial charge is 0.220 e. The average molecular weight is 266 g/mol. The minimum Gasteiger partial charge on any atom is -0.356 e. The minimum atomic E-state index is 0.261. The van der Waals surface area contributed by atoms with Gasteiger partial charge in [0.2, 0.25) is 5.91 Å². The van der Waals surface area contributed by atoms with E-state index in [-0.39, 0.29) is 5.91 Å². The van der Waals surface area contributed by atoms with Gasteiger partial charge in [0.15, 0.2) is 0 Å². The van der Waals surface area contributed by atoms with Gasteiger partial charge in [0.1, 0.15) is 0 Å². The predicted octanol–water partition coefficient (Wildman–Crippen LogP) is 2.85. The van der Waals surface area contributed by atoms with Crippen molar-refractivity contribution >= 4 is 5.91 Å². The van der Waals surface area contributed by atoms with Crippen LogP contribution in [0.25, 0.3) is 0 Å². The summed E-state index contributed by atoms with van der Waals surface area (Å²) < 4.78 is 0. The van der Waals surface area contributed by atoms with E-state index in [0.29, 0.717) is 17.8 Å². The Kier molecular flexibility index (Phi) is 5.68. The van der Waals surface area contributed by atoms with Crippen molar-refractivity contribution in [2.24, 2.45) is 11.3 Å². The van der Waals surface area contributed by atoms with Crippen LogP contribution in [0.2, 0.25) is 0 Å². The summed E-state index contributed by atoms with van der Waals surface area (Å²) in [6.45, 7) is 5.47. The zero-order valence-electron chi connectivity index (χ0n) is 12.5. The molecular weight excluding hydrogens is 236 g/mol. The fraction of sp³-hybridized carbons (Fsp3) is 0.938. The lowest BCUT2D eigenvalue weighted by molar-refractivity contribution is -0.122. The molecular formula is C16H30N2O. The van der Waals surface area contributed by atoms with E-state index in [4.69, 9.17) is 0 Å². The molecule has 0 aromatic heterocycles. The lowest BCUT2D eigenvalue weighted by atomic mass is 9.76. The Morgan fingerprint density at radius 1 is 1.26 bits per heavy atom. The van der Waals surface area contributed by atoms with Crippen molar-refractivity contribution < 1.29 is 4.79 Å². The van der Waals surface area contributed by atoms with Crippen molar-refractivity contribution in [3.8, 4) is 0 Å². The lowest BCUT2D eigenvalue weighted by Crippen LogP contribution is -2.37. The molecule has 1 aliphatic carbocycles. The molecule has 1 saturated heterocycles. The zero-order valence-corrected chi connectivity index (χ0v) is 12.5. The third-order valence-corrected chi connectivity index (χ3v) is 4.95. The first-order valence-corrected chi connectivity index (χ1v) is 8.15. The van der Waals surface area contributed by atoms with Crippen LogP contribution in [0.3, 0.4) is 0 Å². The molecule has 2 fully saturated rings. The monoisotopic (exact) mass is 266 g/mol. The maximum atomic E-state index is 11.9. The summed E-state index contributed by atoms with van der Waals surface area (Å²) in [5.41, 5.74) is 0.361. The Labute approximate surface area is 117 Å². The molecule has 1 saturated carbocycles. The van der Waals surface area contributed by atoms with Crippen LogP contribution in [0.5, 0.6) is 0 Å².